The highest BCUT2D eigenvalue weighted by atomic mass is 14.2. The van der Waals surface area contributed by atoms with Crippen LogP contribution < -0.4 is 0 Å². The van der Waals surface area contributed by atoms with Crippen molar-refractivity contribution in [3.63, 3.8) is 0 Å². The van der Waals surface area contributed by atoms with Gasteiger partial charge < -0.3 is 0 Å². The Morgan fingerprint density at radius 3 is 2.69 bits per heavy atom. The van der Waals surface area contributed by atoms with Gasteiger partial charge in [0.25, 0.3) is 0 Å². The van der Waals surface area contributed by atoms with Gasteiger partial charge in [-0.2, -0.15) is 0 Å². The molecule has 0 heteroatoms. The Morgan fingerprint density at radius 2 is 2.15 bits per heavy atom. The second kappa shape index (κ2) is 3.83. The fourth-order valence-corrected chi connectivity index (χ4v) is 1.62. The standard InChI is InChI=1S/C13H18/c1-5-6-7-12-8-9-13(3,4)10-11(12)2/h8-9H,5,10H2,1-4H3. The van der Waals surface area contributed by atoms with Gasteiger partial charge >= 0.3 is 0 Å². The van der Waals surface area contributed by atoms with Crippen LogP contribution in [-0.2, 0) is 0 Å². The molecule has 0 radical (unpaired) electrons. The van der Waals surface area contributed by atoms with Crippen molar-refractivity contribution in [2.75, 3.05) is 0 Å². The Labute approximate surface area is 81.7 Å². The lowest BCUT2D eigenvalue weighted by atomic mass is 9.80. The minimum Gasteiger partial charge on any atom is -0.0982 e. The van der Waals surface area contributed by atoms with Crippen LogP contribution in [0.15, 0.2) is 23.3 Å². The SMILES string of the molecule is CCC#CC1=C(C)CC(C)(C)C=C1. The van der Waals surface area contributed by atoms with E-state index in [1.165, 1.54) is 11.1 Å². The van der Waals surface area contributed by atoms with E-state index in [1.807, 2.05) is 0 Å². The molecule has 1 rings (SSSR count). The predicted molar refractivity (Wildman–Crippen MR) is 58.3 cm³/mol. The van der Waals surface area contributed by atoms with Crippen LogP contribution in [0.4, 0.5) is 0 Å². The molecular formula is C13H18. The van der Waals surface area contributed by atoms with Gasteiger partial charge in [0.2, 0.25) is 0 Å². The first-order valence-corrected chi connectivity index (χ1v) is 4.93. The molecule has 1 aliphatic rings. The fourth-order valence-electron chi connectivity index (χ4n) is 1.62. The van der Waals surface area contributed by atoms with Crippen LogP contribution in [0.25, 0.3) is 0 Å². The van der Waals surface area contributed by atoms with Crippen molar-refractivity contribution < 1.29 is 0 Å². The summed E-state index contributed by atoms with van der Waals surface area (Å²) >= 11 is 0. The first-order chi connectivity index (χ1) is 6.05. The maximum absolute atomic E-state index is 3.20. The van der Waals surface area contributed by atoms with Gasteiger partial charge in [0, 0.05) is 12.0 Å². The van der Waals surface area contributed by atoms with E-state index < -0.39 is 0 Å². The summed E-state index contributed by atoms with van der Waals surface area (Å²) in [5.41, 5.74) is 2.97. The quantitative estimate of drug-likeness (QED) is 0.491. The zero-order valence-corrected chi connectivity index (χ0v) is 9.07. The maximum atomic E-state index is 3.20. The third-order valence-electron chi connectivity index (χ3n) is 2.28. The van der Waals surface area contributed by atoms with E-state index in [2.05, 4.69) is 51.7 Å². The summed E-state index contributed by atoms with van der Waals surface area (Å²) in [6.07, 6.45) is 6.51. The van der Waals surface area contributed by atoms with E-state index in [4.69, 9.17) is 0 Å². The Kier molecular flexibility index (Phi) is 2.98. The van der Waals surface area contributed by atoms with Crippen LogP contribution in [0.1, 0.15) is 40.5 Å². The van der Waals surface area contributed by atoms with Gasteiger partial charge in [-0.25, -0.2) is 0 Å². The second-order valence-electron chi connectivity index (χ2n) is 4.35. The van der Waals surface area contributed by atoms with Gasteiger partial charge in [-0.1, -0.05) is 50.3 Å². The number of hydrogen-bond acceptors (Lipinski definition) is 0. The molecule has 0 saturated carbocycles. The minimum absolute atomic E-state index is 0.321. The lowest BCUT2D eigenvalue weighted by Crippen LogP contribution is -2.11. The van der Waals surface area contributed by atoms with Crippen LogP contribution in [0.2, 0.25) is 0 Å². The van der Waals surface area contributed by atoms with E-state index in [-0.39, 0.29) is 0 Å². The molecule has 0 spiro atoms. The lowest BCUT2D eigenvalue weighted by molar-refractivity contribution is 0.468. The smallest absolute Gasteiger partial charge is 0.0231 e. The Bertz CT molecular complexity index is 303. The molecule has 0 heterocycles. The van der Waals surface area contributed by atoms with E-state index in [9.17, 15) is 0 Å². The van der Waals surface area contributed by atoms with Gasteiger partial charge in [-0.15, -0.1) is 0 Å². The second-order valence-corrected chi connectivity index (χ2v) is 4.35. The van der Waals surface area contributed by atoms with Gasteiger partial charge in [0.05, 0.1) is 0 Å². The average molecular weight is 174 g/mol. The first-order valence-electron chi connectivity index (χ1n) is 4.93. The Morgan fingerprint density at radius 1 is 1.46 bits per heavy atom. The summed E-state index contributed by atoms with van der Waals surface area (Å²) in [5.74, 6) is 6.32. The largest absolute Gasteiger partial charge is 0.0982 e. The van der Waals surface area contributed by atoms with Crippen molar-refractivity contribution in [1.82, 2.24) is 0 Å². The van der Waals surface area contributed by atoms with Crippen LogP contribution in [0.3, 0.4) is 0 Å². The topological polar surface area (TPSA) is 0 Å². The van der Waals surface area contributed by atoms with E-state index in [1.54, 1.807) is 0 Å². The zero-order valence-electron chi connectivity index (χ0n) is 9.07. The van der Waals surface area contributed by atoms with Crippen LogP contribution >= 0.6 is 0 Å². The molecule has 0 unspecified atom stereocenters. The molecule has 0 aromatic rings. The molecule has 0 atom stereocenters. The number of allylic oxidation sites excluding steroid dienone is 4. The molecule has 0 fully saturated rings. The van der Waals surface area contributed by atoms with Crippen molar-refractivity contribution in [1.29, 1.82) is 0 Å². The highest BCUT2D eigenvalue weighted by molar-refractivity contribution is 5.44. The highest BCUT2D eigenvalue weighted by Gasteiger charge is 2.19. The average Bonchev–Trinajstić information content (AvgIpc) is 2.02. The lowest BCUT2D eigenvalue weighted by Gasteiger charge is -2.24. The molecule has 0 nitrogen and oxygen atoms in total. The molecule has 13 heavy (non-hydrogen) atoms. The van der Waals surface area contributed by atoms with Crippen molar-refractivity contribution in [2.45, 2.75) is 40.5 Å². The third-order valence-corrected chi connectivity index (χ3v) is 2.28. The zero-order chi connectivity index (χ0) is 9.90. The fraction of sp³-hybridized carbons (Fsp3) is 0.538. The van der Waals surface area contributed by atoms with Gasteiger partial charge in [0.15, 0.2) is 0 Å². The monoisotopic (exact) mass is 174 g/mol. The molecule has 0 amide bonds. The van der Waals surface area contributed by atoms with Crippen LogP contribution in [0, 0.1) is 17.3 Å². The molecule has 0 bridgehead atoms. The summed E-state index contributed by atoms with van der Waals surface area (Å²) in [4.78, 5) is 0. The molecule has 0 N–H and O–H groups in total. The molecule has 1 aliphatic carbocycles. The predicted octanol–water partition coefficient (Wildman–Crippen LogP) is 3.70. The third kappa shape index (κ3) is 2.77. The summed E-state index contributed by atoms with van der Waals surface area (Å²) in [6, 6.07) is 0. The number of rotatable bonds is 0. The van der Waals surface area contributed by atoms with E-state index in [0.717, 1.165) is 12.8 Å². The number of hydrogen-bond donors (Lipinski definition) is 0. The summed E-state index contributed by atoms with van der Waals surface area (Å²) in [5, 5.41) is 0. The van der Waals surface area contributed by atoms with Crippen molar-refractivity contribution in [3.05, 3.63) is 23.3 Å². The van der Waals surface area contributed by atoms with Crippen LogP contribution in [0.5, 0.6) is 0 Å². The van der Waals surface area contributed by atoms with Gasteiger partial charge in [-0.3, -0.25) is 0 Å². The molecule has 0 aromatic carbocycles. The Hall–Kier alpha value is -0.960. The van der Waals surface area contributed by atoms with Crippen molar-refractivity contribution >= 4 is 0 Å². The molecule has 0 aromatic heterocycles. The molecule has 0 aliphatic heterocycles. The normalized spacial score (nSPS) is 19.7. The van der Waals surface area contributed by atoms with Crippen molar-refractivity contribution in [2.24, 2.45) is 5.41 Å². The first kappa shape index (κ1) is 10.1. The van der Waals surface area contributed by atoms with Gasteiger partial charge in [-0.05, 0) is 18.8 Å². The highest BCUT2D eigenvalue weighted by Crippen LogP contribution is 2.32. The minimum atomic E-state index is 0.321. The maximum Gasteiger partial charge on any atom is 0.0231 e. The van der Waals surface area contributed by atoms with Crippen LogP contribution in [-0.4, -0.2) is 0 Å². The summed E-state index contributed by atoms with van der Waals surface area (Å²) in [7, 11) is 0. The van der Waals surface area contributed by atoms with Gasteiger partial charge in [0.1, 0.15) is 0 Å². The van der Waals surface area contributed by atoms with E-state index in [0.29, 0.717) is 5.41 Å². The summed E-state index contributed by atoms with van der Waals surface area (Å²) in [6.45, 7) is 8.79. The molecule has 70 valence electrons. The summed E-state index contributed by atoms with van der Waals surface area (Å²) < 4.78 is 0. The van der Waals surface area contributed by atoms with E-state index >= 15 is 0 Å². The molecule has 0 saturated heterocycles. The Balaban J connectivity index is 2.85. The van der Waals surface area contributed by atoms with Crippen molar-refractivity contribution in [3.8, 4) is 11.8 Å². The molecular weight excluding hydrogens is 156 g/mol.